The normalized spacial score (nSPS) is 9.93. The topological polar surface area (TPSA) is 20.3 Å². The Morgan fingerprint density at radius 1 is 1.36 bits per heavy atom. The van der Waals surface area contributed by atoms with Crippen molar-refractivity contribution in [2.24, 2.45) is 0 Å². The van der Waals surface area contributed by atoms with Gasteiger partial charge in [-0.15, -0.1) is 0 Å². The van der Waals surface area contributed by atoms with Crippen molar-refractivity contribution in [3.63, 3.8) is 0 Å². The molecule has 0 heterocycles. The summed E-state index contributed by atoms with van der Waals surface area (Å²) in [5.41, 5.74) is 1.61. The Morgan fingerprint density at radius 2 is 2.00 bits per heavy atom. The van der Waals surface area contributed by atoms with Gasteiger partial charge in [-0.1, -0.05) is 11.6 Å². The first-order valence-electron chi connectivity index (χ1n) is 4.72. The van der Waals surface area contributed by atoms with Crippen LogP contribution in [0.5, 0.6) is 0 Å². The van der Waals surface area contributed by atoms with Crippen LogP contribution in [0, 0.1) is 0 Å². The second-order valence-corrected chi connectivity index (χ2v) is 3.43. The van der Waals surface area contributed by atoms with Crippen LogP contribution < -0.4 is 4.90 Å². The number of rotatable bonds is 4. The van der Waals surface area contributed by atoms with Gasteiger partial charge in [-0.25, -0.2) is 0 Å². The third kappa shape index (κ3) is 2.26. The average molecular weight is 212 g/mol. The van der Waals surface area contributed by atoms with Crippen LogP contribution in [-0.4, -0.2) is 19.4 Å². The number of halogens is 1. The van der Waals surface area contributed by atoms with Crippen LogP contribution in [0.2, 0.25) is 5.02 Å². The second-order valence-electron chi connectivity index (χ2n) is 2.99. The molecule has 0 amide bonds. The minimum absolute atomic E-state index is 0.664. The third-order valence-corrected chi connectivity index (χ3v) is 2.46. The van der Waals surface area contributed by atoms with Gasteiger partial charge in [0.2, 0.25) is 0 Å². The van der Waals surface area contributed by atoms with Gasteiger partial charge in [0.05, 0.1) is 0 Å². The maximum absolute atomic E-state index is 10.8. The quantitative estimate of drug-likeness (QED) is 0.714. The van der Waals surface area contributed by atoms with E-state index in [1.165, 1.54) is 0 Å². The molecule has 0 unspecified atom stereocenters. The van der Waals surface area contributed by atoms with Gasteiger partial charge in [-0.05, 0) is 32.0 Å². The van der Waals surface area contributed by atoms with Crippen molar-refractivity contribution >= 4 is 23.6 Å². The number of hydrogen-bond acceptors (Lipinski definition) is 2. The molecule has 0 fully saturated rings. The predicted molar refractivity (Wildman–Crippen MR) is 60.4 cm³/mol. The lowest BCUT2D eigenvalue weighted by atomic mass is 10.1. The molecule has 2 nitrogen and oxygen atoms in total. The molecule has 76 valence electrons. The number of carbonyl (C=O) groups excluding carboxylic acids is 1. The van der Waals surface area contributed by atoms with Gasteiger partial charge in [-0.3, -0.25) is 4.79 Å². The summed E-state index contributed by atoms with van der Waals surface area (Å²) in [4.78, 5) is 12.9. The summed E-state index contributed by atoms with van der Waals surface area (Å²) < 4.78 is 0. The lowest BCUT2D eigenvalue weighted by molar-refractivity contribution is 0.112. The molecule has 0 bridgehead atoms. The van der Waals surface area contributed by atoms with Crippen LogP contribution in [0.15, 0.2) is 18.2 Å². The summed E-state index contributed by atoms with van der Waals surface area (Å²) in [5.74, 6) is 0. The number of anilines is 1. The molecule has 0 saturated carbocycles. The van der Waals surface area contributed by atoms with E-state index in [0.717, 1.165) is 25.1 Å². The van der Waals surface area contributed by atoms with E-state index in [9.17, 15) is 4.79 Å². The van der Waals surface area contributed by atoms with E-state index >= 15 is 0 Å². The predicted octanol–water partition coefficient (Wildman–Crippen LogP) is 3.00. The maximum Gasteiger partial charge on any atom is 0.152 e. The summed E-state index contributed by atoms with van der Waals surface area (Å²) in [5, 5.41) is 0.664. The molecule has 0 aromatic heterocycles. The van der Waals surface area contributed by atoms with E-state index in [0.29, 0.717) is 10.6 Å². The lowest BCUT2D eigenvalue weighted by Gasteiger charge is -2.22. The average Bonchev–Trinajstić information content (AvgIpc) is 2.20. The molecule has 0 N–H and O–H groups in total. The van der Waals surface area contributed by atoms with Crippen molar-refractivity contribution < 1.29 is 4.79 Å². The maximum atomic E-state index is 10.8. The van der Waals surface area contributed by atoms with Gasteiger partial charge < -0.3 is 4.90 Å². The van der Waals surface area contributed by atoms with Gasteiger partial charge in [-0.2, -0.15) is 0 Å². The summed E-state index contributed by atoms with van der Waals surface area (Å²) in [7, 11) is 0. The zero-order valence-corrected chi connectivity index (χ0v) is 9.21. The van der Waals surface area contributed by atoms with Gasteiger partial charge in [0.1, 0.15) is 0 Å². The van der Waals surface area contributed by atoms with Crippen LogP contribution in [0.4, 0.5) is 5.69 Å². The summed E-state index contributed by atoms with van der Waals surface area (Å²) in [6, 6.07) is 5.32. The van der Waals surface area contributed by atoms with Crippen LogP contribution in [-0.2, 0) is 0 Å². The number of nitrogens with zero attached hydrogens (tertiary/aromatic N) is 1. The molecule has 0 atom stereocenters. The van der Waals surface area contributed by atoms with Crippen molar-refractivity contribution in [3.05, 3.63) is 28.8 Å². The molecule has 0 aliphatic heterocycles. The molecule has 14 heavy (non-hydrogen) atoms. The van der Waals surface area contributed by atoms with Gasteiger partial charge in [0.15, 0.2) is 6.29 Å². The lowest BCUT2D eigenvalue weighted by Crippen LogP contribution is -2.23. The fourth-order valence-corrected chi connectivity index (χ4v) is 1.62. The van der Waals surface area contributed by atoms with Crippen molar-refractivity contribution in [1.29, 1.82) is 0 Å². The zero-order chi connectivity index (χ0) is 10.6. The second kappa shape index (κ2) is 5.01. The van der Waals surface area contributed by atoms with E-state index in [4.69, 9.17) is 11.6 Å². The van der Waals surface area contributed by atoms with Crippen LogP contribution in [0.25, 0.3) is 0 Å². The summed E-state index contributed by atoms with van der Waals surface area (Å²) in [6.45, 7) is 5.85. The summed E-state index contributed by atoms with van der Waals surface area (Å²) in [6.07, 6.45) is 0.865. The van der Waals surface area contributed by atoms with Crippen molar-refractivity contribution in [2.75, 3.05) is 18.0 Å². The Kier molecular flexibility index (Phi) is 3.96. The minimum atomic E-state index is 0.664. The molecule has 1 aromatic carbocycles. The minimum Gasteiger partial charge on any atom is -0.371 e. The smallest absolute Gasteiger partial charge is 0.152 e. The standard InChI is InChI=1S/C11H14ClNO/c1-3-13(4-2)11-7-10(12)6-5-9(11)8-14/h5-8H,3-4H2,1-2H3. The van der Waals surface area contributed by atoms with E-state index in [-0.39, 0.29) is 0 Å². The SMILES string of the molecule is CCN(CC)c1cc(Cl)ccc1C=O. The van der Waals surface area contributed by atoms with Crippen molar-refractivity contribution in [2.45, 2.75) is 13.8 Å². The molecule has 3 heteroatoms. The molecular weight excluding hydrogens is 198 g/mol. The fraction of sp³-hybridized carbons (Fsp3) is 0.364. The van der Waals surface area contributed by atoms with Gasteiger partial charge in [0, 0.05) is 29.4 Å². The van der Waals surface area contributed by atoms with E-state index in [1.807, 2.05) is 6.07 Å². The van der Waals surface area contributed by atoms with E-state index in [1.54, 1.807) is 12.1 Å². The largest absolute Gasteiger partial charge is 0.371 e. The Balaban J connectivity index is 3.14. The highest BCUT2D eigenvalue weighted by Crippen LogP contribution is 2.23. The molecule has 0 radical (unpaired) electrons. The highest BCUT2D eigenvalue weighted by molar-refractivity contribution is 6.31. The number of carbonyl (C=O) groups is 1. The zero-order valence-electron chi connectivity index (χ0n) is 8.46. The Bertz CT molecular complexity index is 321. The monoisotopic (exact) mass is 211 g/mol. The third-order valence-electron chi connectivity index (χ3n) is 2.22. The van der Waals surface area contributed by atoms with E-state index < -0.39 is 0 Å². The molecule has 0 spiro atoms. The fourth-order valence-electron chi connectivity index (χ4n) is 1.45. The van der Waals surface area contributed by atoms with Gasteiger partial charge in [0.25, 0.3) is 0 Å². The Labute approximate surface area is 89.5 Å². The first kappa shape index (κ1) is 11.1. The molecule has 0 saturated heterocycles. The molecule has 0 aliphatic rings. The van der Waals surface area contributed by atoms with Crippen LogP contribution >= 0.6 is 11.6 Å². The van der Waals surface area contributed by atoms with E-state index in [2.05, 4.69) is 18.7 Å². The molecule has 0 aliphatic carbocycles. The van der Waals surface area contributed by atoms with Crippen molar-refractivity contribution in [1.82, 2.24) is 0 Å². The Morgan fingerprint density at radius 3 is 2.50 bits per heavy atom. The molecule has 1 rings (SSSR count). The van der Waals surface area contributed by atoms with Gasteiger partial charge >= 0.3 is 0 Å². The highest BCUT2D eigenvalue weighted by Gasteiger charge is 2.07. The summed E-state index contributed by atoms with van der Waals surface area (Å²) >= 11 is 5.89. The van der Waals surface area contributed by atoms with Crippen LogP contribution in [0.1, 0.15) is 24.2 Å². The van der Waals surface area contributed by atoms with Crippen molar-refractivity contribution in [3.8, 4) is 0 Å². The first-order valence-corrected chi connectivity index (χ1v) is 5.10. The highest BCUT2D eigenvalue weighted by atomic mass is 35.5. The Hall–Kier alpha value is -1.02. The first-order chi connectivity index (χ1) is 6.72. The number of aldehydes is 1. The molecular formula is C11H14ClNO. The molecule has 1 aromatic rings. The number of benzene rings is 1. The van der Waals surface area contributed by atoms with Crippen LogP contribution in [0.3, 0.4) is 0 Å². The number of hydrogen-bond donors (Lipinski definition) is 0.